The lowest BCUT2D eigenvalue weighted by Gasteiger charge is -2.18. The van der Waals surface area contributed by atoms with Crippen molar-refractivity contribution in [2.24, 2.45) is 5.41 Å². The Morgan fingerprint density at radius 2 is 1.84 bits per heavy atom. The van der Waals surface area contributed by atoms with Crippen LogP contribution in [0.2, 0.25) is 0 Å². The van der Waals surface area contributed by atoms with Gasteiger partial charge in [0.05, 0.1) is 11.9 Å². The van der Waals surface area contributed by atoms with Gasteiger partial charge in [-0.2, -0.15) is 18.3 Å². The number of aromatic carboxylic acids is 1. The molecule has 0 radical (unpaired) electrons. The third-order valence-electron chi connectivity index (χ3n) is 3.30. The lowest BCUT2D eigenvalue weighted by atomic mass is 9.95. The van der Waals surface area contributed by atoms with Crippen molar-refractivity contribution in [3.63, 3.8) is 0 Å². The summed E-state index contributed by atoms with van der Waals surface area (Å²) >= 11 is 0. The third-order valence-corrected chi connectivity index (χ3v) is 3.30. The molecule has 0 saturated heterocycles. The van der Waals surface area contributed by atoms with E-state index in [1.165, 1.54) is 24.3 Å². The van der Waals surface area contributed by atoms with Crippen molar-refractivity contribution in [2.45, 2.75) is 26.9 Å². The molecule has 0 aliphatic heterocycles. The average Bonchev–Trinajstić information content (AvgIpc) is 2.91. The SMILES string of the molecule is CC(C)(C)C(=O)Nc1cccc(-n2ncc(C(=O)O)c2C(F)(F)F)c1. The van der Waals surface area contributed by atoms with E-state index in [9.17, 15) is 22.8 Å². The molecule has 0 unspecified atom stereocenters. The van der Waals surface area contributed by atoms with E-state index < -0.39 is 28.8 Å². The molecule has 2 rings (SSSR count). The van der Waals surface area contributed by atoms with Crippen LogP contribution in [0.25, 0.3) is 5.69 Å². The van der Waals surface area contributed by atoms with Crippen molar-refractivity contribution in [3.8, 4) is 5.69 Å². The molecule has 6 nitrogen and oxygen atoms in total. The molecule has 1 aromatic carbocycles. The van der Waals surface area contributed by atoms with Gasteiger partial charge in [0.15, 0.2) is 5.69 Å². The number of rotatable bonds is 3. The number of carboxylic acids is 1. The number of aromatic nitrogens is 2. The quantitative estimate of drug-likeness (QED) is 0.881. The van der Waals surface area contributed by atoms with E-state index in [-0.39, 0.29) is 17.3 Å². The predicted molar refractivity (Wildman–Crippen MR) is 83.6 cm³/mol. The van der Waals surface area contributed by atoms with Gasteiger partial charge in [-0.3, -0.25) is 4.79 Å². The van der Waals surface area contributed by atoms with Gasteiger partial charge >= 0.3 is 12.1 Å². The topological polar surface area (TPSA) is 84.2 Å². The summed E-state index contributed by atoms with van der Waals surface area (Å²) in [7, 11) is 0. The summed E-state index contributed by atoms with van der Waals surface area (Å²) in [4.78, 5) is 23.0. The minimum atomic E-state index is -4.91. The van der Waals surface area contributed by atoms with Gasteiger partial charge in [0.2, 0.25) is 5.91 Å². The number of hydrogen-bond acceptors (Lipinski definition) is 3. The largest absolute Gasteiger partial charge is 0.478 e. The highest BCUT2D eigenvalue weighted by atomic mass is 19.4. The summed E-state index contributed by atoms with van der Waals surface area (Å²) in [5.74, 6) is -2.04. The van der Waals surface area contributed by atoms with E-state index in [1.807, 2.05) is 0 Å². The molecule has 0 fully saturated rings. The number of halogens is 3. The number of amides is 1. The summed E-state index contributed by atoms with van der Waals surface area (Å²) in [5.41, 5.74) is -2.77. The first-order valence-corrected chi connectivity index (χ1v) is 7.21. The minimum Gasteiger partial charge on any atom is -0.478 e. The van der Waals surface area contributed by atoms with Crippen LogP contribution in [0.1, 0.15) is 36.8 Å². The number of anilines is 1. The van der Waals surface area contributed by atoms with Crippen LogP contribution in [0.15, 0.2) is 30.5 Å². The van der Waals surface area contributed by atoms with Crippen molar-refractivity contribution in [2.75, 3.05) is 5.32 Å². The number of nitrogens with zero attached hydrogens (tertiary/aromatic N) is 2. The average molecular weight is 355 g/mol. The van der Waals surface area contributed by atoms with Crippen molar-refractivity contribution >= 4 is 17.6 Å². The van der Waals surface area contributed by atoms with Crippen molar-refractivity contribution in [1.29, 1.82) is 0 Å². The van der Waals surface area contributed by atoms with Gasteiger partial charge < -0.3 is 10.4 Å². The van der Waals surface area contributed by atoms with Gasteiger partial charge in [-0.1, -0.05) is 26.8 Å². The zero-order chi connectivity index (χ0) is 19.0. The minimum absolute atomic E-state index is 0.0217. The maximum atomic E-state index is 13.3. The second-order valence-corrected chi connectivity index (χ2v) is 6.38. The fourth-order valence-corrected chi connectivity index (χ4v) is 2.01. The molecule has 2 N–H and O–H groups in total. The molecule has 0 atom stereocenters. The molecular formula is C16H16F3N3O3. The molecule has 1 amide bonds. The zero-order valence-corrected chi connectivity index (χ0v) is 13.7. The van der Waals surface area contributed by atoms with Crippen molar-refractivity contribution < 1.29 is 27.9 Å². The predicted octanol–water partition coefficient (Wildman–Crippen LogP) is 3.57. The Labute approximate surface area is 141 Å². The maximum Gasteiger partial charge on any atom is 0.434 e. The molecule has 134 valence electrons. The molecule has 2 aromatic rings. The van der Waals surface area contributed by atoms with Crippen LogP contribution in [0.5, 0.6) is 0 Å². The summed E-state index contributed by atoms with van der Waals surface area (Å²) in [6.45, 7) is 5.09. The Bertz CT molecular complexity index is 820. The van der Waals surface area contributed by atoms with Gasteiger partial charge in [-0.05, 0) is 18.2 Å². The number of carbonyl (C=O) groups excluding carboxylic acids is 1. The zero-order valence-electron chi connectivity index (χ0n) is 13.7. The highest BCUT2D eigenvalue weighted by Gasteiger charge is 2.40. The van der Waals surface area contributed by atoms with Gasteiger partial charge in [-0.25, -0.2) is 9.48 Å². The second kappa shape index (κ2) is 6.23. The lowest BCUT2D eigenvalue weighted by Crippen LogP contribution is -2.27. The van der Waals surface area contributed by atoms with Gasteiger partial charge in [0.1, 0.15) is 5.56 Å². The number of hydrogen-bond donors (Lipinski definition) is 2. The molecule has 0 bridgehead atoms. The van der Waals surface area contributed by atoms with E-state index in [4.69, 9.17) is 5.11 Å². The standard InChI is InChI=1S/C16H16F3N3O3/c1-15(2,3)14(25)21-9-5-4-6-10(7-9)22-12(16(17,18)19)11(8-20-22)13(23)24/h4-8H,1-3H3,(H,21,25)(H,23,24). The molecule has 25 heavy (non-hydrogen) atoms. The fourth-order valence-electron chi connectivity index (χ4n) is 2.01. The van der Waals surface area contributed by atoms with E-state index in [0.717, 1.165) is 0 Å². The normalized spacial score (nSPS) is 12.1. The number of benzene rings is 1. The Morgan fingerprint density at radius 1 is 1.20 bits per heavy atom. The van der Waals surface area contributed by atoms with Crippen LogP contribution in [0.4, 0.5) is 18.9 Å². The molecule has 0 aliphatic rings. The lowest BCUT2D eigenvalue weighted by molar-refractivity contribution is -0.143. The highest BCUT2D eigenvalue weighted by molar-refractivity contribution is 5.94. The Kier molecular flexibility index (Phi) is 4.61. The number of carbonyl (C=O) groups is 2. The summed E-state index contributed by atoms with van der Waals surface area (Å²) in [6, 6.07) is 5.58. The summed E-state index contributed by atoms with van der Waals surface area (Å²) in [6.07, 6.45) is -4.26. The van der Waals surface area contributed by atoms with Crippen LogP contribution < -0.4 is 5.32 Å². The highest BCUT2D eigenvalue weighted by Crippen LogP contribution is 2.34. The van der Waals surface area contributed by atoms with Crippen LogP contribution in [-0.2, 0) is 11.0 Å². The monoisotopic (exact) mass is 355 g/mol. The van der Waals surface area contributed by atoms with Crippen molar-refractivity contribution in [1.82, 2.24) is 9.78 Å². The van der Waals surface area contributed by atoms with E-state index in [2.05, 4.69) is 10.4 Å². The molecule has 0 aliphatic carbocycles. The van der Waals surface area contributed by atoms with Crippen molar-refractivity contribution in [3.05, 3.63) is 41.7 Å². The molecule has 0 spiro atoms. The molecule has 1 heterocycles. The summed E-state index contributed by atoms with van der Waals surface area (Å²) in [5, 5.41) is 15.1. The Morgan fingerprint density at radius 3 is 2.36 bits per heavy atom. The van der Waals surface area contributed by atoms with Gasteiger partial charge in [-0.15, -0.1) is 0 Å². The van der Waals surface area contributed by atoms with Gasteiger partial charge in [0, 0.05) is 11.1 Å². The van der Waals surface area contributed by atoms with E-state index in [0.29, 0.717) is 10.9 Å². The first-order chi connectivity index (χ1) is 11.4. The molecular weight excluding hydrogens is 339 g/mol. The first-order valence-electron chi connectivity index (χ1n) is 7.21. The van der Waals surface area contributed by atoms with E-state index >= 15 is 0 Å². The van der Waals surface area contributed by atoms with Crippen LogP contribution in [-0.4, -0.2) is 26.8 Å². The first kappa shape index (κ1) is 18.5. The molecule has 0 saturated carbocycles. The van der Waals surface area contributed by atoms with Crippen LogP contribution in [0, 0.1) is 5.41 Å². The molecule has 1 aromatic heterocycles. The number of nitrogens with one attached hydrogen (secondary N) is 1. The Balaban J connectivity index is 2.49. The number of carboxylic acid groups (broad SMARTS) is 1. The summed E-state index contributed by atoms with van der Waals surface area (Å²) < 4.78 is 40.3. The number of alkyl halides is 3. The second-order valence-electron chi connectivity index (χ2n) is 6.38. The van der Waals surface area contributed by atoms with Gasteiger partial charge in [0.25, 0.3) is 0 Å². The fraction of sp³-hybridized carbons (Fsp3) is 0.312. The smallest absolute Gasteiger partial charge is 0.434 e. The maximum absolute atomic E-state index is 13.3. The molecule has 9 heteroatoms. The van der Waals surface area contributed by atoms with Crippen LogP contribution in [0.3, 0.4) is 0 Å². The van der Waals surface area contributed by atoms with E-state index in [1.54, 1.807) is 20.8 Å². The Hall–Kier alpha value is -2.84. The van der Waals surface area contributed by atoms with Crippen LogP contribution >= 0.6 is 0 Å². The third kappa shape index (κ3) is 3.98.